The SMILES string of the molecule is OC[C@H]1CCCN1CC12C=C(c3ccc4ccccc4c3)C(CC1)C2. The summed E-state index contributed by atoms with van der Waals surface area (Å²) < 4.78 is 0. The number of aliphatic hydroxyl groups is 1. The van der Waals surface area contributed by atoms with E-state index in [1.54, 1.807) is 5.57 Å². The van der Waals surface area contributed by atoms with Crippen LogP contribution in [0.1, 0.15) is 37.7 Å². The van der Waals surface area contributed by atoms with Gasteiger partial charge in [0.15, 0.2) is 0 Å². The van der Waals surface area contributed by atoms with Crippen molar-refractivity contribution >= 4 is 16.3 Å². The summed E-state index contributed by atoms with van der Waals surface area (Å²) in [6.45, 7) is 2.63. The Morgan fingerprint density at radius 2 is 1.96 bits per heavy atom. The van der Waals surface area contributed by atoms with Crippen LogP contribution in [0.25, 0.3) is 16.3 Å². The van der Waals surface area contributed by atoms with E-state index >= 15 is 0 Å². The second kappa shape index (κ2) is 5.96. The Hall–Kier alpha value is -1.64. The second-order valence-corrected chi connectivity index (χ2v) is 8.41. The molecule has 2 aliphatic carbocycles. The molecule has 2 aromatic carbocycles. The lowest BCUT2D eigenvalue weighted by Crippen LogP contribution is -2.39. The van der Waals surface area contributed by atoms with Crippen molar-refractivity contribution in [3.05, 3.63) is 54.1 Å². The molecule has 130 valence electrons. The van der Waals surface area contributed by atoms with Gasteiger partial charge in [0, 0.05) is 18.0 Å². The van der Waals surface area contributed by atoms with Crippen LogP contribution in [0.5, 0.6) is 0 Å². The molecule has 1 saturated heterocycles. The zero-order valence-corrected chi connectivity index (χ0v) is 14.8. The van der Waals surface area contributed by atoms with Crippen molar-refractivity contribution < 1.29 is 5.11 Å². The highest BCUT2D eigenvalue weighted by atomic mass is 16.3. The molecule has 0 spiro atoms. The van der Waals surface area contributed by atoms with Gasteiger partial charge in [0.05, 0.1) is 6.61 Å². The minimum absolute atomic E-state index is 0.320. The molecule has 2 nitrogen and oxygen atoms in total. The first-order valence-electron chi connectivity index (χ1n) is 9.83. The van der Waals surface area contributed by atoms with E-state index in [2.05, 4.69) is 53.4 Å². The smallest absolute Gasteiger partial charge is 0.0586 e. The minimum Gasteiger partial charge on any atom is -0.395 e. The summed E-state index contributed by atoms with van der Waals surface area (Å²) in [6.07, 6.45) is 8.98. The van der Waals surface area contributed by atoms with Gasteiger partial charge in [0.25, 0.3) is 0 Å². The van der Waals surface area contributed by atoms with Crippen molar-refractivity contribution in [2.24, 2.45) is 11.3 Å². The average molecular weight is 333 g/mol. The van der Waals surface area contributed by atoms with Crippen LogP contribution in [-0.4, -0.2) is 35.7 Å². The maximum atomic E-state index is 9.65. The average Bonchev–Trinajstić information content (AvgIpc) is 3.36. The summed E-state index contributed by atoms with van der Waals surface area (Å²) >= 11 is 0. The third-order valence-corrected chi connectivity index (χ3v) is 6.86. The summed E-state index contributed by atoms with van der Waals surface area (Å²) in [7, 11) is 0. The number of hydrogen-bond acceptors (Lipinski definition) is 2. The fraction of sp³-hybridized carbons (Fsp3) is 0.478. The van der Waals surface area contributed by atoms with Gasteiger partial charge in [-0.25, -0.2) is 0 Å². The molecule has 2 unspecified atom stereocenters. The predicted octanol–water partition coefficient (Wildman–Crippen LogP) is 4.48. The molecule has 1 N–H and O–H groups in total. The van der Waals surface area contributed by atoms with E-state index in [4.69, 9.17) is 0 Å². The third kappa shape index (κ3) is 2.63. The van der Waals surface area contributed by atoms with Gasteiger partial charge in [0.2, 0.25) is 0 Å². The number of aliphatic hydroxyl groups excluding tert-OH is 1. The normalized spacial score (nSPS) is 31.8. The van der Waals surface area contributed by atoms with Crippen LogP contribution in [0, 0.1) is 11.3 Å². The molecule has 2 bridgehead atoms. The fourth-order valence-corrected chi connectivity index (χ4v) is 5.59. The number of benzene rings is 2. The molecule has 1 saturated carbocycles. The number of allylic oxidation sites excluding steroid dienone is 1. The number of likely N-dealkylation sites (tertiary alicyclic amines) is 1. The van der Waals surface area contributed by atoms with Crippen LogP contribution >= 0.6 is 0 Å². The first kappa shape index (κ1) is 15.6. The molecule has 0 amide bonds. The highest BCUT2D eigenvalue weighted by Gasteiger charge is 2.46. The van der Waals surface area contributed by atoms with E-state index in [1.807, 2.05) is 0 Å². The number of hydrogen-bond donors (Lipinski definition) is 1. The van der Waals surface area contributed by atoms with E-state index in [0.29, 0.717) is 18.1 Å². The monoisotopic (exact) mass is 333 g/mol. The lowest BCUT2D eigenvalue weighted by Gasteiger charge is -2.33. The zero-order chi connectivity index (χ0) is 16.9. The molecule has 2 aromatic rings. The van der Waals surface area contributed by atoms with Crippen molar-refractivity contribution in [3.8, 4) is 0 Å². The van der Waals surface area contributed by atoms with E-state index in [1.165, 1.54) is 42.0 Å². The van der Waals surface area contributed by atoms with Crippen LogP contribution in [0.15, 0.2) is 48.5 Å². The van der Waals surface area contributed by atoms with Crippen molar-refractivity contribution in [1.82, 2.24) is 4.90 Å². The maximum Gasteiger partial charge on any atom is 0.0586 e. The summed E-state index contributed by atoms with van der Waals surface area (Å²) in [5.74, 6) is 0.733. The molecule has 2 heteroatoms. The maximum absolute atomic E-state index is 9.65. The summed E-state index contributed by atoms with van der Waals surface area (Å²) in [6, 6.07) is 16.0. The van der Waals surface area contributed by atoms with Crippen LogP contribution < -0.4 is 0 Å². The first-order chi connectivity index (χ1) is 12.3. The third-order valence-electron chi connectivity index (χ3n) is 6.86. The molecule has 0 radical (unpaired) electrons. The predicted molar refractivity (Wildman–Crippen MR) is 103 cm³/mol. The van der Waals surface area contributed by atoms with Gasteiger partial charge in [0.1, 0.15) is 0 Å². The fourth-order valence-electron chi connectivity index (χ4n) is 5.59. The van der Waals surface area contributed by atoms with Crippen molar-refractivity contribution in [3.63, 3.8) is 0 Å². The number of nitrogens with zero attached hydrogens (tertiary/aromatic N) is 1. The number of rotatable bonds is 4. The lowest BCUT2D eigenvalue weighted by atomic mass is 9.84. The first-order valence-corrected chi connectivity index (χ1v) is 9.83. The molecule has 1 heterocycles. The van der Waals surface area contributed by atoms with Gasteiger partial charge in [-0.3, -0.25) is 4.90 Å². The topological polar surface area (TPSA) is 23.5 Å². The summed E-state index contributed by atoms with van der Waals surface area (Å²) in [5.41, 5.74) is 3.35. The Labute approximate surface area is 150 Å². The van der Waals surface area contributed by atoms with Gasteiger partial charge < -0.3 is 5.11 Å². The minimum atomic E-state index is 0.320. The molecule has 0 aromatic heterocycles. The Kier molecular flexibility index (Phi) is 3.72. The van der Waals surface area contributed by atoms with Gasteiger partial charge in [-0.05, 0) is 72.5 Å². The van der Waals surface area contributed by atoms with Crippen LogP contribution in [-0.2, 0) is 0 Å². The Balaban J connectivity index is 1.45. The molecule has 25 heavy (non-hydrogen) atoms. The van der Waals surface area contributed by atoms with E-state index in [0.717, 1.165) is 25.4 Å². The van der Waals surface area contributed by atoms with Gasteiger partial charge >= 0.3 is 0 Å². The Morgan fingerprint density at radius 1 is 1.08 bits per heavy atom. The zero-order valence-electron chi connectivity index (χ0n) is 14.8. The van der Waals surface area contributed by atoms with Crippen molar-refractivity contribution in [1.29, 1.82) is 0 Å². The lowest BCUT2D eigenvalue weighted by molar-refractivity contribution is 0.124. The Morgan fingerprint density at radius 3 is 2.84 bits per heavy atom. The molecule has 3 aliphatic rings. The van der Waals surface area contributed by atoms with Crippen molar-refractivity contribution in [2.45, 2.75) is 38.1 Å². The van der Waals surface area contributed by atoms with Gasteiger partial charge in [-0.1, -0.05) is 42.5 Å². The number of fused-ring (bicyclic) bond motifs is 3. The second-order valence-electron chi connectivity index (χ2n) is 8.41. The van der Waals surface area contributed by atoms with Crippen LogP contribution in [0.4, 0.5) is 0 Å². The van der Waals surface area contributed by atoms with Crippen LogP contribution in [0.2, 0.25) is 0 Å². The molecule has 5 rings (SSSR count). The largest absolute Gasteiger partial charge is 0.395 e. The quantitative estimate of drug-likeness (QED) is 0.892. The van der Waals surface area contributed by atoms with Gasteiger partial charge in [-0.2, -0.15) is 0 Å². The van der Waals surface area contributed by atoms with Crippen molar-refractivity contribution in [2.75, 3.05) is 19.7 Å². The summed E-state index contributed by atoms with van der Waals surface area (Å²) in [4.78, 5) is 2.56. The van der Waals surface area contributed by atoms with E-state index in [-0.39, 0.29) is 0 Å². The van der Waals surface area contributed by atoms with Gasteiger partial charge in [-0.15, -0.1) is 0 Å². The van der Waals surface area contributed by atoms with E-state index in [9.17, 15) is 5.11 Å². The molecular formula is C23H27NO. The standard InChI is InChI=1S/C23H27NO/c25-15-21-6-3-11-24(21)16-23-10-9-20(13-23)22(14-23)19-8-7-17-4-1-2-5-18(17)12-19/h1-2,4-5,7-8,12,14,20-21,25H,3,6,9-11,13,15-16H2/t20?,21-,23?/m1/s1. The molecule has 1 aliphatic heterocycles. The van der Waals surface area contributed by atoms with E-state index < -0.39 is 0 Å². The molecule has 2 fully saturated rings. The molecule has 3 atom stereocenters. The highest BCUT2D eigenvalue weighted by Crippen LogP contribution is 2.56. The molecular weight excluding hydrogens is 306 g/mol. The highest BCUT2D eigenvalue weighted by molar-refractivity contribution is 5.87. The van der Waals surface area contributed by atoms with Crippen LogP contribution in [0.3, 0.4) is 0 Å². The summed E-state index contributed by atoms with van der Waals surface area (Å²) in [5, 5.41) is 12.3. The Bertz CT molecular complexity index is 826.